The van der Waals surface area contributed by atoms with E-state index in [9.17, 15) is 0 Å². The van der Waals surface area contributed by atoms with Crippen LogP contribution in [0.1, 0.15) is 46.0 Å². The number of unbranched alkanes of at least 4 members (excludes halogenated alkanes) is 3. The van der Waals surface area contributed by atoms with Crippen molar-refractivity contribution in [2.45, 2.75) is 46.0 Å². The Morgan fingerprint density at radius 1 is 0.875 bits per heavy atom. The summed E-state index contributed by atoms with van der Waals surface area (Å²) < 4.78 is 0. The van der Waals surface area contributed by atoms with Crippen LogP contribution >= 0.6 is 0 Å². The molecular formula is C13H31N3. The van der Waals surface area contributed by atoms with Crippen LogP contribution in [0.5, 0.6) is 0 Å². The van der Waals surface area contributed by atoms with Gasteiger partial charge in [0.1, 0.15) is 0 Å². The molecular weight excluding hydrogens is 198 g/mol. The standard InChI is InChI=1S/C13H31N3/c1-3-16(4-2)13-9-12-15-11-8-6-5-7-10-14/h15H,3-14H2,1-2H3. The summed E-state index contributed by atoms with van der Waals surface area (Å²) >= 11 is 0. The van der Waals surface area contributed by atoms with Gasteiger partial charge < -0.3 is 16.0 Å². The maximum Gasteiger partial charge on any atom is -0.000687 e. The second-order valence-electron chi connectivity index (χ2n) is 4.33. The van der Waals surface area contributed by atoms with Gasteiger partial charge in [-0.3, -0.25) is 0 Å². The summed E-state index contributed by atoms with van der Waals surface area (Å²) in [4.78, 5) is 2.48. The molecule has 3 nitrogen and oxygen atoms in total. The molecule has 3 heteroatoms. The lowest BCUT2D eigenvalue weighted by molar-refractivity contribution is 0.298. The minimum atomic E-state index is 0.845. The minimum absolute atomic E-state index is 0.845. The molecule has 0 aliphatic heterocycles. The highest BCUT2D eigenvalue weighted by atomic mass is 15.1. The Labute approximate surface area is 102 Å². The number of hydrogen-bond donors (Lipinski definition) is 2. The number of rotatable bonds is 12. The fourth-order valence-electron chi connectivity index (χ4n) is 1.84. The lowest BCUT2D eigenvalue weighted by Gasteiger charge is -2.17. The molecule has 0 aromatic carbocycles. The van der Waals surface area contributed by atoms with Crippen molar-refractivity contribution in [3.63, 3.8) is 0 Å². The molecule has 3 N–H and O–H groups in total. The van der Waals surface area contributed by atoms with E-state index in [1.807, 2.05) is 0 Å². The SMILES string of the molecule is CCN(CC)CCCNCCCCCCN. The normalized spacial score (nSPS) is 11.2. The molecule has 0 rings (SSSR count). The summed E-state index contributed by atoms with van der Waals surface area (Å²) in [5.74, 6) is 0. The van der Waals surface area contributed by atoms with E-state index < -0.39 is 0 Å². The van der Waals surface area contributed by atoms with Crippen LogP contribution in [0.25, 0.3) is 0 Å². The first-order valence-corrected chi connectivity index (χ1v) is 6.98. The largest absolute Gasteiger partial charge is 0.330 e. The van der Waals surface area contributed by atoms with Gasteiger partial charge >= 0.3 is 0 Å². The van der Waals surface area contributed by atoms with Gasteiger partial charge in [0.15, 0.2) is 0 Å². The molecule has 0 radical (unpaired) electrons. The molecule has 0 aliphatic rings. The molecule has 0 spiro atoms. The second-order valence-corrected chi connectivity index (χ2v) is 4.33. The van der Waals surface area contributed by atoms with Gasteiger partial charge in [0.25, 0.3) is 0 Å². The van der Waals surface area contributed by atoms with Crippen molar-refractivity contribution in [1.29, 1.82) is 0 Å². The molecule has 0 saturated heterocycles. The van der Waals surface area contributed by atoms with Gasteiger partial charge in [0.2, 0.25) is 0 Å². The third kappa shape index (κ3) is 10.4. The van der Waals surface area contributed by atoms with Gasteiger partial charge in [-0.2, -0.15) is 0 Å². The van der Waals surface area contributed by atoms with Crippen molar-refractivity contribution >= 4 is 0 Å². The van der Waals surface area contributed by atoms with E-state index in [1.54, 1.807) is 0 Å². The molecule has 0 aromatic rings. The first-order valence-electron chi connectivity index (χ1n) is 6.98. The summed E-state index contributed by atoms with van der Waals surface area (Å²) in [6.07, 6.45) is 6.36. The molecule has 16 heavy (non-hydrogen) atoms. The average molecular weight is 229 g/mol. The van der Waals surface area contributed by atoms with Crippen LogP contribution in [-0.4, -0.2) is 44.2 Å². The van der Waals surface area contributed by atoms with Gasteiger partial charge in [-0.25, -0.2) is 0 Å². The summed E-state index contributed by atoms with van der Waals surface area (Å²) in [5, 5.41) is 3.51. The fraction of sp³-hybridized carbons (Fsp3) is 1.00. The van der Waals surface area contributed by atoms with E-state index >= 15 is 0 Å². The third-order valence-electron chi connectivity index (χ3n) is 3.03. The second kappa shape index (κ2) is 12.9. The van der Waals surface area contributed by atoms with E-state index in [4.69, 9.17) is 5.73 Å². The van der Waals surface area contributed by atoms with E-state index in [2.05, 4.69) is 24.1 Å². The first-order chi connectivity index (χ1) is 7.85. The third-order valence-corrected chi connectivity index (χ3v) is 3.03. The zero-order valence-electron chi connectivity index (χ0n) is 11.3. The van der Waals surface area contributed by atoms with Gasteiger partial charge in [-0.1, -0.05) is 26.7 Å². The van der Waals surface area contributed by atoms with Gasteiger partial charge in [0.05, 0.1) is 0 Å². The molecule has 0 atom stereocenters. The molecule has 0 bridgehead atoms. The minimum Gasteiger partial charge on any atom is -0.330 e. The van der Waals surface area contributed by atoms with Crippen molar-refractivity contribution in [2.24, 2.45) is 5.73 Å². The van der Waals surface area contributed by atoms with Crippen LogP contribution in [0, 0.1) is 0 Å². The number of nitrogens with one attached hydrogen (secondary N) is 1. The van der Waals surface area contributed by atoms with E-state index in [0.717, 1.165) is 13.1 Å². The lowest BCUT2D eigenvalue weighted by atomic mass is 10.2. The van der Waals surface area contributed by atoms with Crippen LogP contribution in [0.15, 0.2) is 0 Å². The smallest absolute Gasteiger partial charge is 0.000687 e. The molecule has 0 saturated carbocycles. The lowest BCUT2D eigenvalue weighted by Crippen LogP contribution is -2.27. The Morgan fingerprint density at radius 3 is 2.12 bits per heavy atom. The summed E-state index contributed by atoms with van der Waals surface area (Å²) in [6.45, 7) is 11.2. The summed E-state index contributed by atoms with van der Waals surface area (Å²) in [6, 6.07) is 0. The highest BCUT2D eigenvalue weighted by Crippen LogP contribution is 1.97. The van der Waals surface area contributed by atoms with Gasteiger partial charge in [-0.15, -0.1) is 0 Å². The maximum atomic E-state index is 5.44. The van der Waals surface area contributed by atoms with E-state index in [-0.39, 0.29) is 0 Å². The fourth-order valence-corrected chi connectivity index (χ4v) is 1.84. The topological polar surface area (TPSA) is 41.3 Å². The Bertz CT molecular complexity index is 124. The van der Waals surface area contributed by atoms with E-state index in [1.165, 1.54) is 58.3 Å². The summed E-state index contributed by atoms with van der Waals surface area (Å²) in [7, 11) is 0. The predicted molar refractivity (Wildman–Crippen MR) is 72.8 cm³/mol. The molecule has 0 heterocycles. The van der Waals surface area contributed by atoms with Crippen LogP contribution < -0.4 is 11.1 Å². The van der Waals surface area contributed by atoms with Crippen LogP contribution in [-0.2, 0) is 0 Å². The van der Waals surface area contributed by atoms with Crippen molar-refractivity contribution < 1.29 is 0 Å². The molecule has 0 fully saturated rings. The summed E-state index contributed by atoms with van der Waals surface area (Å²) in [5.41, 5.74) is 5.44. The van der Waals surface area contributed by atoms with Crippen molar-refractivity contribution in [3.05, 3.63) is 0 Å². The number of nitrogens with zero attached hydrogens (tertiary/aromatic N) is 1. The first kappa shape index (κ1) is 15.9. The maximum absolute atomic E-state index is 5.44. The number of hydrogen-bond acceptors (Lipinski definition) is 3. The average Bonchev–Trinajstić information content (AvgIpc) is 2.32. The molecule has 0 unspecified atom stereocenters. The molecule has 0 amide bonds. The predicted octanol–water partition coefficient (Wildman–Crippen LogP) is 1.83. The Morgan fingerprint density at radius 2 is 1.50 bits per heavy atom. The van der Waals surface area contributed by atoms with Crippen molar-refractivity contribution in [1.82, 2.24) is 10.2 Å². The Hall–Kier alpha value is -0.120. The zero-order valence-corrected chi connectivity index (χ0v) is 11.3. The van der Waals surface area contributed by atoms with Crippen LogP contribution in [0.4, 0.5) is 0 Å². The monoisotopic (exact) mass is 229 g/mol. The van der Waals surface area contributed by atoms with Gasteiger partial charge in [0, 0.05) is 0 Å². The number of nitrogens with two attached hydrogens (primary N) is 1. The van der Waals surface area contributed by atoms with Gasteiger partial charge in [-0.05, 0) is 58.5 Å². The molecule has 0 aliphatic carbocycles. The van der Waals surface area contributed by atoms with Crippen LogP contribution in [0.2, 0.25) is 0 Å². The van der Waals surface area contributed by atoms with Crippen molar-refractivity contribution in [3.8, 4) is 0 Å². The highest BCUT2D eigenvalue weighted by molar-refractivity contribution is 4.55. The molecule has 98 valence electrons. The van der Waals surface area contributed by atoms with E-state index in [0.29, 0.717) is 0 Å². The van der Waals surface area contributed by atoms with Crippen molar-refractivity contribution in [2.75, 3.05) is 39.3 Å². The Kier molecular flexibility index (Phi) is 12.9. The molecule has 0 aromatic heterocycles. The highest BCUT2D eigenvalue weighted by Gasteiger charge is 1.97. The Balaban J connectivity index is 3.03. The van der Waals surface area contributed by atoms with Crippen LogP contribution in [0.3, 0.4) is 0 Å². The zero-order chi connectivity index (χ0) is 12.1. The quantitative estimate of drug-likeness (QED) is 0.502.